The van der Waals surface area contributed by atoms with Crippen molar-refractivity contribution in [1.29, 1.82) is 0 Å². The molecule has 0 aliphatic carbocycles. The normalized spacial score (nSPS) is 24.1. The lowest BCUT2D eigenvalue weighted by Gasteiger charge is -2.21. The quantitative estimate of drug-likeness (QED) is 0.574. The first-order chi connectivity index (χ1) is 10.0. The molecule has 2 unspecified atom stereocenters. The van der Waals surface area contributed by atoms with E-state index in [0.29, 0.717) is 12.5 Å². The minimum Gasteiger partial charge on any atom is -0.464 e. The van der Waals surface area contributed by atoms with Crippen molar-refractivity contribution in [3.8, 4) is 0 Å². The third-order valence-corrected chi connectivity index (χ3v) is 4.73. The summed E-state index contributed by atoms with van der Waals surface area (Å²) in [5.41, 5.74) is -0.655. The lowest BCUT2D eigenvalue weighted by Crippen LogP contribution is -2.41. The molecule has 0 saturated carbocycles. The molecule has 5 nitrogen and oxygen atoms in total. The molecule has 118 valence electrons. The number of hydrogen-bond donors (Lipinski definition) is 3. The van der Waals surface area contributed by atoms with Crippen molar-refractivity contribution in [3.63, 3.8) is 0 Å². The van der Waals surface area contributed by atoms with Crippen LogP contribution in [0.4, 0.5) is 0 Å². The van der Waals surface area contributed by atoms with Gasteiger partial charge in [-0.05, 0) is 45.1 Å². The first-order valence-corrected chi connectivity index (χ1v) is 8.59. The zero-order valence-electron chi connectivity index (χ0n) is 13.0. The monoisotopic (exact) mass is 311 g/mol. The second-order valence-corrected chi connectivity index (χ2v) is 6.64. The lowest BCUT2D eigenvalue weighted by molar-refractivity contribution is 0.0778. The van der Waals surface area contributed by atoms with Crippen LogP contribution in [0.1, 0.15) is 37.8 Å². The number of thioether (sulfide) groups is 1. The second-order valence-electron chi connectivity index (χ2n) is 5.54. The zero-order valence-corrected chi connectivity index (χ0v) is 13.8. The molecule has 0 amide bonds. The van der Waals surface area contributed by atoms with Gasteiger partial charge in [-0.2, -0.15) is 11.8 Å². The minimum atomic E-state index is -0.655. The van der Waals surface area contributed by atoms with Gasteiger partial charge in [0.15, 0.2) is 5.96 Å². The molecule has 0 bridgehead atoms. The number of aliphatic hydroxyl groups is 1. The molecule has 0 radical (unpaired) electrons. The standard InChI is InChI=1S/C15H25N3O2S/c1-4-16-14(17-9-15(19)7-8-21-10-15)18-12(3)13-6-5-11(2)20-13/h5-6,12,19H,4,7-10H2,1-3H3,(H2,16,17,18). The van der Waals surface area contributed by atoms with Gasteiger partial charge in [0.2, 0.25) is 0 Å². The molecule has 6 heteroatoms. The molecule has 2 heterocycles. The first kappa shape index (κ1) is 16.2. The van der Waals surface area contributed by atoms with E-state index in [0.717, 1.165) is 36.0 Å². The summed E-state index contributed by atoms with van der Waals surface area (Å²) in [7, 11) is 0. The topological polar surface area (TPSA) is 69.8 Å². The zero-order chi connectivity index (χ0) is 15.3. The maximum absolute atomic E-state index is 10.4. The van der Waals surface area contributed by atoms with Crippen LogP contribution in [0.3, 0.4) is 0 Å². The van der Waals surface area contributed by atoms with Crippen LogP contribution < -0.4 is 10.6 Å². The number of hydrogen-bond acceptors (Lipinski definition) is 4. The summed E-state index contributed by atoms with van der Waals surface area (Å²) in [6, 6.07) is 3.96. The van der Waals surface area contributed by atoms with E-state index in [9.17, 15) is 5.11 Å². The molecular weight excluding hydrogens is 286 g/mol. The van der Waals surface area contributed by atoms with Gasteiger partial charge in [-0.1, -0.05) is 0 Å². The van der Waals surface area contributed by atoms with E-state index in [-0.39, 0.29) is 6.04 Å². The summed E-state index contributed by atoms with van der Waals surface area (Å²) in [6.07, 6.45) is 0.813. The number of rotatable bonds is 5. The average Bonchev–Trinajstić information content (AvgIpc) is 3.06. The van der Waals surface area contributed by atoms with Crippen molar-refractivity contribution < 1.29 is 9.52 Å². The van der Waals surface area contributed by atoms with Crippen LogP contribution in [0, 0.1) is 6.92 Å². The molecule has 1 aliphatic rings. The summed E-state index contributed by atoms with van der Waals surface area (Å²) >= 11 is 1.78. The molecule has 1 aliphatic heterocycles. The maximum atomic E-state index is 10.4. The summed E-state index contributed by atoms with van der Waals surface area (Å²) in [5.74, 6) is 4.27. The molecule has 1 saturated heterocycles. The summed E-state index contributed by atoms with van der Waals surface area (Å²) in [4.78, 5) is 4.53. The van der Waals surface area contributed by atoms with E-state index in [4.69, 9.17) is 4.42 Å². The molecule has 0 aromatic carbocycles. The molecule has 0 spiro atoms. The van der Waals surface area contributed by atoms with E-state index in [1.165, 1.54) is 0 Å². The number of furan rings is 1. The Bertz CT molecular complexity index is 481. The van der Waals surface area contributed by atoms with Crippen molar-refractivity contribution in [2.45, 2.75) is 38.8 Å². The second kappa shape index (κ2) is 7.22. The highest BCUT2D eigenvalue weighted by atomic mass is 32.2. The highest BCUT2D eigenvalue weighted by molar-refractivity contribution is 7.99. The average molecular weight is 311 g/mol. The Morgan fingerprint density at radius 1 is 1.57 bits per heavy atom. The molecule has 2 rings (SSSR count). The van der Waals surface area contributed by atoms with Gasteiger partial charge >= 0.3 is 0 Å². The first-order valence-electron chi connectivity index (χ1n) is 7.44. The summed E-state index contributed by atoms with van der Waals surface area (Å²) < 4.78 is 5.62. The van der Waals surface area contributed by atoms with Gasteiger partial charge in [0.05, 0.1) is 18.2 Å². The largest absolute Gasteiger partial charge is 0.464 e. The van der Waals surface area contributed by atoms with Gasteiger partial charge < -0.3 is 20.2 Å². The van der Waals surface area contributed by atoms with Gasteiger partial charge in [0.25, 0.3) is 0 Å². The highest BCUT2D eigenvalue weighted by Crippen LogP contribution is 2.27. The van der Waals surface area contributed by atoms with Gasteiger partial charge in [0, 0.05) is 12.3 Å². The maximum Gasteiger partial charge on any atom is 0.191 e. The van der Waals surface area contributed by atoms with Crippen LogP contribution in [-0.4, -0.2) is 41.3 Å². The smallest absolute Gasteiger partial charge is 0.191 e. The molecule has 1 aromatic rings. The van der Waals surface area contributed by atoms with E-state index >= 15 is 0 Å². The van der Waals surface area contributed by atoms with Crippen LogP contribution in [0.25, 0.3) is 0 Å². The Labute approximate surface area is 130 Å². The fourth-order valence-electron chi connectivity index (χ4n) is 2.23. The van der Waals surface area contributed by atoms with Crippen molar-refractivity contribution >= 4 is 17.7 Å². The number of aliphatic imine (C=N–C) groups is 1. The Morgan fingerprint density at radius 3 is 2.95 bits per heavy atom. The fourth-order valence-corrected chi connectivity index (χ4v) is 3.51. The predicted molar refractivity (Wildman–Crippen MR) is 87.9 cm³/mol. The number of nitrogens with zero attached hydrogens (tertiary/aromatic N) is 1. The van der Waals surface area contributed by atoms with Crippen molar-refractivity contribution in [1.82, 2.24) is 10.6 Å². The van der Waals surface area contributed by atoms with Crippen LogP contribution >= 0.6 is 11.8 Å². The Balaban J connectivity index is 1.97. The van der Waals surface area contributed by atoms with Gasteiger partial charge in [-0.15, -0.1) is 0 Å². The Hall–Kier alpha value is -1.14. The molecule has 3 N–H and O–H groups in total. The number of aryl methyl sites for hydroxylation is 1. The molecule has 2 atom stereocenters. The Kier molecular flexibility index (Phi) is 5.58. The van der Waals surface area contributed by atoms with E-state index in [2.05, 4.69) is 15.6 Å². The van der Waals surface area contributed by atoms with Crippen LogP contribution in [0.5, 0.6) is 0 Å². The van der Waals surface area contributed by atoms with Gasteiger partial charge in [0.1, 0.15) is 11.5 Å². The molecular formula is C15H25N3O2S. The third kappa shape index (κ3) is 4.68. The molecule has 1 fully saturated rings. The van der Waals surface area contributed by atoms with Crippen molar-refractivity contribution in [3.05, 3.63) is 23.7 Å². The minimum absolute atomic E-state index is 0.0316. The summed E-state index contributed by atoms with van der Waals surface area (Å²) in [6.45, 7) is 7.20. The third-order valence-electron chi connectivity index (χ3n) is 3.50. The van der Waals surface area contributed by atoms with Crippen LogP contribution in [0.15, 0.2) is 21.5 Å². The van der Waals surface area contributed by atoms with Crippen molar-refractivity contribution in [2.75, 3.05) is 24.6 Å². The lowest BCUT2D eigenvalue weighted by atomic mass is 10.1. The predicted octanol–water partition coefficient (Wildman–Crippen LogP) is 2.07. The van der Waals surface area contributed by atoms with Gasteiger partial charge in [-0.3, -0.25) is 4.99 Å². The van der Waals surface area contributed by atoms with Crippen LogP contribution in [0.2, 0.25) is 0 Å². The van der Waals surface area contributed by atoms with E-state index in [1.54, 1.807) is 11.8 Å². The van der Waals surface area contributed by atoms with Crippen molar-refractivity contribution in [2.24, 2.45) is 4.99 Å². The fraction of sp³-hybridized carbons (Fsp3) is 0.667. The van der Waals surface area contributed by atoms with E-state index in [1.807, 2.05) is 32.9 Å². The Morgan fingerprint density at radius 2 is 2.38 bits per heavy atom. The number of guanidine groups is 1. The number of nitrogens with one attached hydrogen (secondary N) is 2. The SMILES string of the molecule is CCNC(=NCC1(O)CCSC1)NC(C)c1ccc(C)o1. The van der Waals surface area contributed by atoms with Crippen LogP contribution in [-0.2, 0) is 0 Å². The molecule has 1 aromatic heterocycles. The highest BCUT2D eigenvalue weighted by Gasteiger charge is 2.31. The van der Waals surface area contributed by atoms with E-state index < -0.39 is 5.60 Å². The molecule has 21 heavy (non-hydrogen) atoms. The van der Waals surface area contributed by atoms with Gasteiger partial charge in [-0.25, -0.2) is 0 Å². The summed E-state index contributed by atoms with van der Waals surface area (Å²) in [5, 5.41) is 16.9.